The highest BCUT2D eigenvalue weighted by atomic mass is 79.9. The zero-order valence-electron chi connectivity index (χ0n) is 10.8. The van der Waals surface area contributed by atoms with Crippen LogP contribution in [0.1, 0.15) is 16.8 Å². The first-order valence-electron chi connectivity index (χ1n) is 5.99. The van der Waals surface area contributed by atoms with Crippen molar-refractivity contribution < 1.29 is 14.6 Å². The lowest BCUT2D eigenvalue weighted by Crippen LogP contribution is -2.06. The van der Waals surface area contributed by atoms with Gasteiger partial charge in [-0.1, -0.05) is 0 Å². The fourth-order valence-electron chi connectivity index (χ4n) is 1.83. The van der Waals surface area contributed by atoms with Crippen LogP contribution in [-0.2, 0) is 13.2 Å². The molecule has 0 fully saturated rings. The Balaban J connectivity index is 2.27. The fraction of sp³-hybridized carbons (Fsp3) is 0.214. The zero-order chi connectivity index (χ0) is 14.7. The molecule has 0 saturated carbocycles. The zero-order valence-corrected chi connectivity index (χ0v) is 12.4. The van der Waals surface area contributed by atoms with Gasteiger partial charge >= 0.3 is 0 Å². The summed E-state index contributed by atoms with van der Waals surface area (Å²) < 4.78 is 13.9. The molecule has 0 unspecified atom stereocenters. The molecule has 0 radical (unpaired) electrons. The summed E-state index contributed by atoms with van der Waals surface area (Å²) in [6, 6.07) is 4.30. The van der Waals surface area contributed by atoms with E-state index < -0.39 is 0 Å². The third-order valence-electron chi connectivity index (χ3n) is 2.98. The molecule has 1 heterocycles. The van der Waals surface area contributed by atoms with Crippen molar-refractivity contribution in [1.29, 1.82) is 0 Å². The summed E-state index contributed by atoms with van der Waals surface area (Å²) in [6.07, 6.45) is 1.52. The number of rotatable bonds is 4. The third kappa shape index (κ3) is 3.08. The second kappa shape index (κ2) is 6.19. The van der Waals surface area contributed by atoms with Gasteiger partial charge in [0, 0.05) is 28.3 Å². The lowest BCUT2D eigenvalue weighted by molar-refractivity contribution is 0.279. The van der Waals surface area contributed by atoms with Crippen molar-refractivity contribution in [2.75, 3.05) is 5.32 Å². The molecule has 2 aromatic rings. The van der Waals surface area contributed by atoms with E-state index in [1.807, 2.05) is 0 Å². The van der Waals surface area contributed by atoms with Gasteiger partial charge in [-0.3, -0.25) is 4.98 Å². The first kappa shape index (κ1) is 14.7. The van der Waals surface area contributed by atoms with Gasteiger partial charge < -0.3 is 15.5 Å². The molecule has 0 atom stereocenters. The number of hydrogen-bond acceptors (Lipinski definition) is 4. The minimum atomic E-state index is -0.354. The molecule has 106 valence electrons. The smallest absolute Gasteiger partial charge is 0.142 e. The maximum atomic E-state index is 13.2. The number of aromatic nitrogens is 1. The largest absolute Gasteiger partial charge is 0.506 e. The van der Waals surface area contributed by atoms with E-state index in [0.29, 0.717) is 22.5 Å². The lowest BCUT2D eigenvalue weighted by Gasteiger charge is -2.14. The summed E-state index contributed by atoms with van der Waals surface area (Å²) in [5.41, 5.74) is 2.14. The van der Waals surface area contributed by atoms with Crippen LogP contribution in [0, 0.1) is 12.7 Å². The van der Waals surface area contributed by atoms with Crippen molar-refractivity contribution in [3.05, 3.63) is 51.5 Å². The molecule has 0 aliphatic heterocycles. The predicted octanol–water partition coefficient (Wildman–Crippen LogP) is 3.10. The summed E-state index contributed by atoms with van der Waals surface area (Å²) in [6.45, 7) is 1.72. The van der Waals surface area contributed by atoms with Gasteiger partial charge in [-0.25, -0.2) is 4.39 Å². The van der Waals surface area contributed by atoms with Crippen LogP contribution >= 0.6 is 15.9 Å². The van der Waals surface area contributed by atoms with Crippen molar-refractivity contribution in [2.45, 2.75) is 20.1 Å². The van der Waals surface area contributed by atoms with E-state index in [2.05, 4.69) is 26.2 Å². The van der Waals surface area contributed by atoms with E-state index in [-0.39, 0.29) is 24.7 Å². The molecule has 20 heavy (non-hydrogen) atoms. The number of anilines is 1. The predicted molar refractivity (Wildman–Crippen MR) is 78.0 cm³/mol. The van der Waals surface area contributed by atoms with Gasteiger partial charge in [-0.15, -0.1) is 0 Å². The average molecular weight is 341 g/mol. The number of aliphatic hydroxyl groups excluding tert-OH is 1. The van der Waals surface area contributed by atoms with Crippen molar-refractivity contribution in [2.24, 2.45) is 0 Å². The van der Waals surface area contributed by atoms with Crippen LogP contribution in [0.2, 0.25) is 0 Å². The summed E-state index contributed by atoms with van der Waals surface area (Å²) in [7, 11) is 0. The Morgan fingerprint density at radius 1 is 1.40 bits per heavy atom. The van der Waals surface area contributed by atoms with E-state index in [9.17, 15) is 14.6 Å². The fourth-order valence-corrected chi connectivity index (χ4v) is 2.22. The van der Waals surface area contributed by atoms with E-state index in [4.69, 9.17) is 0 Å². The molecule has 3 N–H and O–H groups in total. The Morgan fingerprint density at radius 3 is 2.85 bits per heavy atom. The number of aliphatic hydroxyl groups is 1. The normalized spacial score (nSPS) is 10.6. The topological polar surface area (TPSA) is 65.4 Å². The second-order valence-electron chi connectivity index (χ2n) is 4.33. The van der Waals surface area contributed by atoms with Gasteiger partial charge in [-0.2, -0.15) is 0 Å². The number of nitrogens with zero attached hydrogens (tertiary/aromatic N) is 1. The van der Waals surface area contributed by atoms with Crippen LogP contribution in [0.15, 0.2) is 28.9 Å². The number of benzene rings is 1. The van der Waals surface area contributed by atoms with Crippen molar-refractivity contribution in [3.8, 4) is 5.75 Å². The highest BCUT2D eigenvalue weighted by Gasteiger charge is 2.12. The molecule has 0 bridgehead atoms. The molecular formula is C14H14BrFN2O2. The van der Waals surface area contributed by atoms with Crippen molar-refractivity contribution >= 4 is 21.6 Å². The standard InChI is InChI=1S/C14H14BrFN2O2/c1-8-14(20)11(9(7-19)5-17-8)6-18-13-4-10(16)2-3-12(13)15/h2-5,18-20H,6-7H2,1H3. The molecule has 1 aromatic heterocycles. The van der Waals surface area contributed by atoms with E-state index in [1.54, 1.807) is 13.0 Å². The highest BCUT2D eigenvalue weighted by molar-refractivity contribution is 9.10. The number of nitrogens with one attached hydrogen (secondary N) is 1. The Hall–Kier alpha value is -1.66. The number of hydrogen-bond donors (Lipinski definition) is 3. The van der Waals surface area contributed by atoms with Crippen LogP contribution in [0.25, 0.3) is 0 Å². The highest BCUT2D eigenvalue weighted by Crippen LogP contribution is 2.27. The molecule has 0 aliphatic rings. The molecule has 6 heteroatoms. The number of aryl methyl sites for hydroxylation is 1. The molecule has 0 saturated heterocycles. The maximum absolute atomic E-state index is 13.2. The molecule has 0 aliphatic carbocycles. The van der Waals surface area contributed by atoms with Crippen LogP contribution in [0.4, 0.5) is 10.1 Å². The number of aromatic hydroxyl groups is 1. The number of halogens is 2. The Morgan fingerprint density at radius 2 is 2.15 bits per heavy atom. The van der Waals surface area contributed by atoms with Crippen molar-refractivity contribution in [1.82, 2.24) is 4.98 Å². The molecule has 0 amide bonds. The summed E-state index contributed by atoms with van der Waals surface area (Å²) in [4.78, 5) is 3.99. The van der Waals surface area contributed by atoms with Gasteiger partial charge in [0.15, 0.2) is 0 Å². The SMILES string of the molecule is Cc1ncc(CO)c(CNc2cc(F)ccc2Br)c1O. The minimum Gasteiger partial charge on any atom is -0.506 e. The minimum absolute atomic E-state index is 0.0385. The second-order valence-corrected chi connectivity index (χ2v) is 5.19. The summed E-state index contributed by atoms with van der Waals surface area (Å²) >= 11 is 3.32. The first-order chi connectivity index (χ1) is 9.52. The summed E-state index contributed by atoms with van der Waals surface area (Å²) in [5, 5.41) is 22.3. The van der Waals surface area contributed by atoms with Gasteiger partial charge in [0.2, 0.25) is 0 Å². The Labute approximate surface area is 124 Å². The molecule has 2 rings (SSSR count). The quantitative estimate of drug-likeness (QED) is 0.800. The molecule has 4 nitrogen and oxygen atoms in total. The summed E-state index contributed by atoms with van der Waals surface area (Å²) in [5.74, 6) is -0.315. The first-order valence-corrected chi connectivity index (χ1v) is 6.78. The third-order valence-corrected chi connectivity index (χ3v) is 3.68. The molecule has 1 aromatic carbocycles. The van der Waals surface area contributed by atoms with E-state index in [0.717, 1.165) is 4.47 Å². The molecule has 0 spiro atoms. The Kier molecular flexibility index (Phi) is 4.57. The lowest BCUT2D eigenvalue weighted by atomic mass is 10.1. The molecular weight excluding hydrogens is 327 g/mol. The van der Waals surface area contributed by atoms with Crippen molar-refractivity contribution in [3.63, 3.8) is 0 Å². The van der Waals surface area contributed by atoms with Gasteiger partial charge in [0.1, 0.15) is 11.6 Å². The van der Waals surface area contributed by atoms with Crippen LogP contribution in [0.5, 0.6) is 5.75 Å². The van der Waals surface area contributed by atoms with Gasteiger partial charge in [0.25, 0.3) is 0 Å². The monoisotopic (exact) mass is 340 g/mol. The van der Waals surface area contributed by atoms with Crippen LogP contribution < -0.4 is 5.32 Å². The Bertz CT molecular complexity index is 635. The van der Waals surface area contributed by atoms with Gasteiger partial charge in [-0.05, 0) is 41.1 Å². The van der Waals surface area contributed by atoms with E-state index >= 15 is 0 Å². The van der Waals surface area contributed by atoms with E-state index in [1.165, 1.54) is 18.3 Å². The van der Waals surface area contributed by atoms with Crippen LogP contribution in [0.3, 0.4) is 0 Å². The van der Waals surface area contributed by atoms with Gasteiger partial charge in [0.05, 0.1) is 18.0 Å². The van der Waals surface area contributed by atoms with Crippen LogP contribution in [-0.4, -0.2) is 15.2 Å². The average Bonchev–Trinajstić information content (AvgIpc) is 2.44. The maximum Gasteiger partial charge on any atom is 0.142 e. The number of pyridine rings is 1.